The Balaban J connectivity index is 1.88. The molecule has 0 atom stereocenters. The first-order valence-electron chi connectivity index (χ1n) is 8.49. The fourth-order valence-corrected chi connectivity index (χ4v) is 3.02. The summed E-state index contributed by atoms with van der Waals surface area (Å²) in [6.07, 6.45) is 1.63. The Hall–Kier alpha value is -2.86. The minimum atomic E-state index is -0.546. The first kappa shape index (κ1) is 18.9. The van der Waals surface area contributed by atoms with Crippen molar-refractivity contribution in [3.8, 4) is 0 Å². The minimum Gasteiger partial charge on any atom is -0.328 e. The molecule has 1 aromatic heterocycles. The van der Waals surface area contributed by atoms with Gasteiger partial charge in [-0.3, -0.25) is 4.79 Å². The van der Waals surface area contributed by atoms with Gasteiger partial charge in [0.1, 0.15) is 5.82 Å². The molecular weight excluding hydrogens is 369 g/mol. The third-order valence-corrected chi connectivity index (χ3v) is 4.58. The molecule has 0 saturated heterocycles. The lowest BCUT2D eigenvalue weighted by molar-refractivity contribution is 0.194. The van der Waals surface area contributed by atoms with Crippen LogP contribution in [-0.2, 0) is 6.54 Å². The average molecular weight is 388 g/mol. The van der Waals surface area contributed by atoms with E-state index in [0.717, 1.165) is 10.9 Å². The van der Waals surface area contributed by atoms with Crippen molar-refractivity contribution in [2.24, 2.45) is 0 Å². The van der Waals surface area contributed by atoms with Crippen molar-refractivity contribution in [2.75, 3.05) is 5.32 Å². The maximum absolute atomic E-state index is 13.3. The zero-order valence-corrected chi connectivity index (χ0v) is 15.7. The number of pyridine rings is 1. The van der Waals surface area contributed by atoms with E-state index in [1.807, 2.05) is 26.0 Å². The number of nitrogens with zero attached hydrogens (tertiary/aromatic N) is 1. The van der Waals surface area contributed by atoms with E-state index in [0.29, 0.717) is 17.6 Å². The predicted molar refractivity (Wildman–Crippen MR) is 106 cm³/mol. The topological polar surface area (TPSA) is 65.2 Å². The zero-order chi connectivity index (χ0) is 19.6. The number of carbonyl (C=O) groups is 1. The molecule has 2 aromatic carbocycles. The predicted octanol–water partition coefficient (Wildman–Crippen LogP) is 4.76. The molecule has 0 spiro atoms. The van der Waals surface area contributed by atoms with Gasteiger partial charge in [0.15, 0.2) is 0 Å². The van der Waals surface area contributed by atoms with Crippen molar-refractivity contribution >= 4 is 34.1 Å². The number of urea groups is 1. The Morgan fingerprint density at radius 3 is 2.59 bits per heavy atom. The summed E-state index contributed by atoms with van der Waals surface area (Å²) in [4.78, 5) is 29.1. The monoisotopic (exact) mass is 387 g/mol. The molecule has 7 heteroatoms. The molecule has 0 bridgehead atoms. The number of benzene rings is 2. The quantitative estimate of drug-likeness (QED) is 0.677. The van der Waals surface area contributed by atoms with E-state index in [2.05, 4.69) is 10.3 Å². The molecule has 3 rings (SSSR count). The van der Waals surface area contributed by atoms with Crippen LogP contribution in [0.3, 0.4) is 0 Å². The molecule has 0 aliphatic rings. The van der Waals surface area contributed by atoms with Crippen LogP contribution < -0.4 is 10.9 Å². The van der Waals surface area contributed by atoms with Crippen LogP contribution in [-0.4, -0.2) is 22.0 Å². The molecule has 27 heavy (non-hydrogen) atoms. The second-order valence-corrected chi connectivity index (χ2v) is 6.88. The van der Waals surface area contributed by atoms with Gasteiger partial charge < -0.3 is 15.2 Å². The Kier molecular flexibility index (Phi) is 5.46. The number of anilines is 1. The SMILES string of the molecule is CC(C)N(Cc1c[nH]c(=O)c2ccccc12)C(=O)Nc1ccc(F)c(Cl)c1. The fraction of sp³-hybridized carbons (Fsp3) is 0.200. The molecule has 0 unspecified atom stereocenters. The molecule has 5 nitrogen and oxygen atoms in total. The zero-order valence-electron chi connectivity index (χ0n) is 14.9. The Morgan fingerprint density at radius 2 is 1.93 bits per heavy atom. The molecule has 0 fully saturated rings. The van der Waals surface area contributed by atoms with Crippen LogP contribution in [0.4, 0.5) is 14.9 Å². The van der Waals surface area contributed by atoms with Gasteiger partial charge in [0.05, 0.1) is 5.02 Å². The van der Waals surface area contributed by atoms with E-state index >= 15 is 0 Å². The van der Waals surface area contributed by atoms with Gasteiger partial charge >= 0.3 is 6.03 Å². The Labute approximate surface area is 160 Å². The van der Waals surface area contributed by atoms with Crippen molar-refractivity contribution in [2.45, 2.75) is 26.4 Å². The van der Waals surface area contributed by atoms with Crippen LogP contribution in [0.2, 0.25) is 5.02 Å². The fourth-order valence-electron chi connectivity index (χ4n) is 2.84. The van der Waals surface area contributed by atoms with Gasteiger partial charge in [-0.25, -0.2) is 9.18 Å². The first-order valence-corrected chi connectivity index (χ1v) is 8.86. The first-order chi connectivity index (χ1) is 12.9. The largest absolute Gasteiger partial charge is 0.328 e. The van der Waals surface area contributed by atoms with E-state index in [-0.39, 0.29) is 22.7 Å². The van der Waals surface area contributed by atoms with Gasteiger partial charge in [0.2, 0.25) is 0 Å². The van der Waals surface area contributed by atoms with Crippen molar-refractivity contribution in [3.05, 3.63) is 75.4 Å². The number of carbonyl (C=O) groups excluding carboxylic acids is 1. The molecular formula is C20H19ClFN3O2. The standard InChI is InChI=1S/C20H19ClFN3O2/c1-12(2)25(20(27)24-14-7-8-18(22)17(21)9-14)11-13-10-23-19(26)16-6-4-3-5-15(13)16/h3-10,12H,11H2,1-2H3,(H,23,26)(H,24,27). The highest BCUT2D eigenvalue weighted by Crippen LogP contribution is 2.21. The molecule has 1 heterocycles. The van der Waals surface area contributed by atoms with E-state index < -0.39 is 5.82 Å². The third kappa shape index (κ3) is 4.11. The van der Waals surface area contributed by atoms with E-state index in [9.17, 15) is 14.0 Å². The molecule has 0 aliphatic carbocycles. The van der Waals surface area contributed by atoms with Crippen molar-refractivity contribution in [3.63, 3.8) is 0 Å². The summed E-state index contributed by atoms with van der Waals surface area (Å²) in [6, 6.07) is 10.8. The van der Waals surface area contributed by atoms with Crippen LogP contribution >= 0.6 is 11.6 Å². The lowest BCUT2D eigenvalue weighted by Gasteiger charge is -2.27. The summed E-state index contributed by atoms with van der Waals surface area (Å²) in [6.45, 7) is 4.09. The minimum absolute atomic E-state index is 0.0597. The average Bonchev–Trinajstić information content (AvgIpc) is 2.64. The highest BCUT2D eigenvalue weighted by molar-refractivity contribution is 6.31. The molecule has 2 amide bonds. The molecule has 0 radical (unpaired) electrons. The van der Waals surface area contributed by atoms with Crippen LogP contribution in [0.25, 0.3) is 10.8 Å². The van der Waals surface area contributed by atoms with Crippen molar-refractivity contribution in [1.82, 2.24) is 9.88 Å². The molecule has 140 valence electrons. The molecule has 0 saturated carbocycles. The van der Waals surface area contributed by atoms with Crippen LogP contribution in [0, 0.1) is 5.82 Å². The number of H-pyrrole nitrogens is 1. The van der Waals surface area contributed by atoms with Crippen molar-refractivity contribution < 1.29 is 9.18 Å². The van der Waals surface area contributed by atoms with Gasteiger partial charge in [-0.05, 0) is 49.1 Å². The van der Waals surface area contributed by atoms with Gasteiger partial charge in [0, 0.05) is 29.9 Å². The second-order valence-electron chi connectivity index (χ2n) is 6.47. The van der Waals surface area contributed by atoms with Crippen LogP contribution in [0.15, 0.2) is 53.5 Å². The van der Waals surface area contributed by atoms with E-state index in [1.54, 1.807) is 23.2 Å². The smallest absolute Gasteiger partial charge is 0.322 e. The number of rotatable bonds is 4. The summed E-state index contributed by atoms with van der Waals surface area (Å²) in [7, 11) is 0. The number of hydrogen-bond donors (Lipinski definition) is 2. The van der Waals surface area contributed by atoms with Gasteiger partial charge in [-0.15, -0.1) is 0 Å². The highest BCUT2D eigenvalue weighted by Gasteiger charge is 2.19. The maximum atomic E-state index is 13.3. The van der Waals surface area contributed by atoms with Crippen LogP contribution in [0.1, 0.15) is 19.4 Å². The third-order valence-electron chi connectivity index (χ3n) is 4.29. The summed E-state index contributed by atoms with van der Waals surface area (Å²) >= 11 is 5.78. The van der Waals surface area contributed by atoms with Gasteiger partial charge in [-0.2, -0.15) is 0 Å². The summed E-state index contributed by atoms with van der Waals surface area (Å²) in [5.41, 5.74) is 1.06. The number of aromatic nitrogens is 1. The molecule has 3 aromatic rings. The second kappa shape index (κ2) is 7.80. The number of fused-ring (bicyclic) bond motifs is 1. The van der Waals surface area contributed by atoms with E-state index in [1.165, 1.54) is 18.2 Å². The summed E-state index contributed by atoms with van der Waals surface area (Å²) in [5.74, 6) is -0.546. The Morgan fingerprint density at radius 1 is 1.22 bits per heavy atom. The summed E-state index contributed by atoms with van der Waals surface area (Å²) in [5, 5.41) is 4.04. The van der Waals surface area contributed by atoms with Crippen molar-refractivity contribution in [1.29, 1.82) is 0 Å². The maximum Gasteiger partial charge on any atom is 0.322 e. The van der Waals surface area contributed by atoms with Gasteiger partial charge in [-0.1, -0.05) is 29.8 Å². The van der Waals surface area contributed by atoms with E-state index in [4.69, 9.17) is 11.6 Å². The number of nitrogens with one attached hydrogen (secondary N) is 2. The summed E-state index contributed by atoms with van der Waals surface area (Å²) < 4.78 is 13.3. The van der Waals surface area contributed by atoms with Gasteiger partial charge in [0.25, 0.3) is 5.56 Å². The normalized spacial score (nSPS) is 11.0. The Bertz CT molecular complexity index is 1050. The molecule has 0 aliphatic heterocycles. The number of amides is 2. The number of aromatic amines is 1. The lowest BCUT2D eigenvalue weighted by Crippen LogP contribution is -2.39. The highest BCUT2D eigenvalue weighted by atomic mass is 35.5. The number of halogens is 2. The van der Waals surface area contributed by atoms with Crippen LogP contribution in [0.5, 0.6) is 0 Å². The molecule has 2 N–H and O–H groups in total. The lowest BCUT2D eigenvalue weighted by atomic mass is 10.1. The number of hydrogen-bond acceptors (Lipinski definition) is 2.